The Hall–Kier alpha value is -1.31. The van der Waals surface area contributed by atoms with Crippen molar-refractivity contribution in [3.63, 3.8) is 0 Å². The minimum absolute atomic E-state index is 0.150. The van der Waals surface area contributed by atoms with Gasteiger partial charge in [0, 0.05) is 12.1 Å². The van der Waals surface area contributed by atoms with E-state index in [-0.39, 0.29) is 5.91 Å². The molecule has 0 bridgehead atoms. The number of carbonyl (C=O) groups is 1. The summed E-state index contributed by atoms with van der Waals surface area (Å²) < 4.78 is 0. The molecule has 0 aromatic heterocycles. The van der Waals surface area contributed by atoms with Gasteiger partial charge in [-0.15, -0.1) is 0 Å². The summed E-state index contributed by atoms with van der Waals surface area (Å²) in [7, 11) is 0. The van der Waals surface area contributed by atoms with Crippen LogP contribution in [-0.2, 0) is 4.79 Å². The molecule has 0 unspecified atom stereocenters. The maximum absolute atomic E-state index is 12.0. The Bertz CT molecular complexity index is 657. The highest BCUT2D eigenvalue weighted by Gasteiger charge is 2.02. The number of amides is 1. The third-order valence-electron chi connectivity index (χ3n) is 9.06. The summed E-state index contributed by atoms with van der Waals surface area (Å²) in [5.41, 5.74) is 0.906. The van der Waals surface area contributed by atoms with Crippen molar-refractivity contribution in [3.8, 4) is 0 Å². The fraction of sp³-hybridized carbons (Fsp3) is 0.825. The minimum atomic E-state index is 0.150. The first-order chi connectivity index (χ1) is 20.8. The highest BCUT2D eigenvalue weighted by molar-refractivity contribution is 5.90. The Morgan fingerprint density at radius 2 is 0.667 bits per heavy atom. The number of nitrogens with one attached hydrogen (secondary N) is 1. The molecule has 2 nitrogen and oxygen atoms in total. The van der Waals surface area contributed by atoms with Gasteiger partial charge in [-0.1, -0.05) is 218 Å². The average molecular weight is 584 g/mol. The molecule has 1 amide bonds. The summed E-state index contributed by atoms with van der Waals surface area (Å²) >= 11 is 0. The second-order valence-electron chi connectivity index (χ2n) is 13.3. The molecule has 0 aliphatic heterocycles. The van der Waals surface area contributed by atoms with Gasteiger partial charge in [-0.25, -0.2) is 0 Å². The van der Waals surface area contributed by atoms with Gasteiger partial charge in [-0.2, -0.15) is 0 Å². The molecule has 0 aliphatic rings. The Labute approximate surface area is 264 Å². The van der Waals surface area contributed by atoms with Crippen molar-refractivity contribution >= 4 is 11.6 Å². The number of rotatable bonds is 33. The lowest BCUT2D eigenvalue weighted by Gasteiger charge is -2.05. The Morgan fingerprint density at radius 1 is 0.405 bits per heavy atom. The molecule has 0 spiro atoms. The van der Waals surface area contributed by atoms with Gasteiger partial charge >= 0.3 is 0 Å². The quantitative estimate of drug-likeness (QED) is 0.0819. The molecular weight excluding hydrogens is 510 g/mol. The summed E-state index contributed by atoms with van der Waals surface area (Å²) in [5.74, 6) is 0.150. The van der Waals surface area contributed by atoms with Gasteiger partial charge < -0.3 is 5.32 Å². The van der Waals surface area contributed by atoms with Gasteiger partial charge in [-0.05, 0) is 18.6 Å². The average Bonchev–Trinajstić information content (AvgIpc) is 3.00. The van der Waals surface area contributed by atoms with Crippen LogP contribution in [0, 0.1) is 0 Å². The second kappa shape index (κ2) is 32.6. The zero-order chi connectivity index (χ0) is 30.0. The number of para-hydroxylation sites is 1. The van der Waals surface area contributed by atoms with E-state index in [9.17, 15) is 4.79 Å². The van der Waals surface area contributed by atoms with Gasteiger partial charge in [0.25, 0.3) is 0 Å². The van der Waals surface area contributed by atoms with Crippen LogP contribution < -0.4 is 5.32 Å². The van der Waals surface area contributed by atoms with E-state index >= 15 is 0 Å². The first-order valence-electron chi connectivity index (χ1n) is 19.2. The first-order valence-corrected chi connectivity index (χ1v) is 19.2. The summed E-state index contributed by atoms with van der Waals surface area (Å²) in [5, 5.41) is 2.98. The topological polar surface area (TPSA) is 29.1 Å². The Morgan fingerprint density at radius 3 is 0.952 bits per heavy atom. The highest BCUT2D eigenvalue weighted by Crippen LogP contribution is 2.17. The fourth-order valence-corrected chi connectivity index (χ4v) is 6.23. The number of hydrogen-bond donors (Lipinski definition) is 1. The van der Waals surface area contributed by atoms with E-state index in [1.165, 1.54) is 193 Å². The van der Waals surface area contributed by atoms with Crippen LogP contribution in [0.2, 0.25) is 0 Å². The minimum Gasteiger partial charge on any atom is -0.326 e. The van der Waals surface area contributed by atoms with E-state index < -0.39 is 0 Å². The lowest BCUT2D eigenvalue weighted by molar-refractivity contribution is -0.116. The lowest BCUT2D eigenvalue weighted by Crippen LogP contribution is -2.10. The summed E-state index contributed by atoms with van der Waals surface area (Å²) in [4.78, 5) is 12.0. The van der Waals surface area contributed by atoms with Crippen LogP contribution in [0.15, 0.2) is 30.3 Å². The van der Waals surface area contributed by atoms with Crippen molar-refractivity contribution in [1.29, 1.82) is 0 Å². The molecule has 2 heteroatoms. The third kappa shape index (κ3) is 28.8. The number of anilines is 1. The molecule has 1 aromatic carbocycles. The maximum Gasteiger partial charge on any atom is 0.224 e. The molecule has 244 valence electrons. The predicted octanol–water partition coefficient (Wildman–Crippen LogP) is 14.1. The largest absolute Gasteiger partial charge is 0.326 e. The molecule has 0 saturated heterocycles. The molecule has 1 rings (SSSR count). The van der Waals surface area contributed by atoms with Crippen LogP contribution in [0.3, 0.4) is 0 Å². The van der Waals surface area contributed by atoms with Crippen molar-refractivity contribution in [2.24, 2.45) is 0 Å². The predicted molar refractivity (Wildman–Crippen MR) is 188 cm³/mol. The van der Waals surface area contributed by atoms with Crippen LogP contribution >= 0.6 is 0 Å². The van der Waals surface area contributed by atoms with E-state index in [4.69, 9.17) is 0 Å². The van der Waals surface area contributed by atoms with Crippen LogP contribution in [0.25, 0.3) is 0 Å². The molecule has 0 saturated carbocycles. The van der Waals surface area contributed by atoms with Crippen molar-refractivity contribution < 1.29 is 4.79 Å². The molecule has 0 fully saturated rings. The van der Waals surface area contributed by atoms with Gasteiger partial charge in [-0.3, -0.25) is 4.79 Å². The van der Waals surface area contributed by atoms with Crippen molar-refractivity contribution in [2.75, 3.05) is 5.32 Å². The van der Waals surface area contributed by atoms with E-state index in [0.717, 1.165) is 12.1 Å². The Kier molecular flexibility index (Phi) is 30.1. The van der Waals surface area contributed by atoms with Gasteiger partial charge in [0.05, 0.1) is 0 Å². The van der Waals surface area contributed by atoms with Gasteiger partial charge in [0.15, 0.2) is 0 Å². The van der Waals surface area contributed by atoms with Crippen LogP contribution in [0.1, 0.15) is 212 Å². The zero-order valence-electron chi connectivity index (χ0n) is 28.4. The number of unbranched alkanes of at least 4 members (excludes halogenated alkanes) is 30. The molecule has 1 aromatic rings. The summed E-state index contributed by atoms with van der Waals surface area (Å²) in [6.45, 7) is 2.30. The van der Waals surface area contributed by atoms with Crippen LogP contribution in [0.5, 0.6) is 0 Å². The first kappa shape index (κ1) is 38.7. The molecule has 1 N–H and O–H groups in total. The second-order valence-corrected chi connectivity index (χ2v) is 13.3. The van der Waals surface area contributed by atoms with E-state index in [2.05, 4.69) is 12.2 Å². The van der Waals surface area contributed by atoms with E-state index in [1.54, 1.807) is 0 Å². The SMILES string of the molecule is CCCCCCCCCCCCCCCCCCCCCCCCCCCCCCCCCC(=O)Nc1ccccc1. The highest BCUT2D eigenvalue weighted by atomic mass is 16.1. The van der Waals surface area contributed by atoms with Crippen LogP contribution in [-0.4, -0.2) is 5.91 Å². The smallest absolute Gasteiger partial charge is 0.224 e. The molecule has 0 heterocycles. The number of benzene rings is 1. The van der Waals surface area contributed by atoms with Gasteiger partial charge in [0.1, 0.15) is 0 Å². The van der Waals surface area contributed by atoms with Crippen molar-refractivity contribution in [1.82, 2.24) is 0 Å². The summed E-state index contributed by atoms with van der Waals surface area (Å²) in [6.07, 6.45) is 44.8. The van der Waals surface area contributed by atoms with Crippen molar-refractivity contribution in [2.45, 2.75) is 212 Å². The molecule has 0 aliphatic carbocycles. The lowest BCUT2D eigenvalue weighted by atomic mass is 10.0. The van der Waals surface area contributed by atoms with Crippen LogP contribution in [0.4, 0.5) is 5.69 Å². The van der Waals surface area contributed by atoms with E-state index in [0.29, 0.717) is 6.42 Å². The zero-order valence-corrected chi connectivity index (χ0v) is 28.4. The molecule has 0 atom stereocenters. The monoisotopic (exact) mass is 584 g/mol. The van der Waals surface area contributed by atoms with Gasteiger partial charge in [0.2, 0.25) is 5.91 Å². The molecule has 42 heavy (non-hydrogen) atoms. The standard InChI is InChI=1S/C40H73NO/c1-2-3-4-5-6-7-8-9-10-11-12-13-14-15-16-17-18-19-20-21-22-23-24-25-26-27-28-29-30-31-35-38-40(42)41-39-36-33-32-34-37-39/h32-34,36-37H,2-31,35,38H2,1H3,(H,41,42). The normalized spacial score (nSPS) is 11.3. The molecule has 0 radical (unpaired) electrons. The fourth-order valence-electron chi connectivity index (χ4n) is 6.23. The Balaban J connectivity index is 1.65. The third-order valence-corrected chi connectivity index (χ3v) is 9.06. The molecular formula is C40H73NO. The maximum atomic E-state index is 12.0. The van der Waals surface area contributed by atoms with E-state index in [1.807, 2.05) is 30.3 Å². The summed E-state index contributed by atoms with van der Waals surface area (Å²) in [6, 6.07) is 9.78. The number of hydrogen-bond acceptors (Lipinski definition) is 1. The van der Waals surface area contributed by atoms with Crippen molar-refractivity contribution in [3.05, 3.63) is 30.3 Å². The number of carbonyl (C=O) groups excluding carboxylic acids is 1.